The smallest absolute Gasteiger partial charge is 0.127 e. The lowest BCUT2D eigenvalue weighted by Crippen LogP contribution is -2.41. The molecule has 1 aromatic rings. The zero-order valence-electron chi connectivity index (χ0n) is 7.58. The van der Waals surface area contributed by atoms with E-state index in [1.54, 1.807) is 0 Å². The van der Waals surface area contributed by atoms with Gasteiger partial charge in [-0.15, -0.1) is 11.8 Å². The highest BCUT2D eigenvalue weighted by Crippen LogP contribution is 2.19. The van der Waals surface area contributed by atoms with E-state index in [1.165, 1.54) is 4.90 Å². The highest BCUT2D eigenvalue weighted by Gasteiger charge is 2.13. The van der Waals surface area contributed by atoms with E-state index in [9.17, 15) is 0 Å². The van der Waals surface area contributed by atoms with E-state index >= 15 is 0 Å². The molecule has 3 heteroatoms. The average molecular weight is 197 g/mol. The third-order valence-corrected chi connectivity index (χ3v) is 5.51. The molecule has 0 spiro atoms. The maximum absolute atomic E-state index is 6.00. The molecule has 1 aromatic carbocycles. The van der Waals surface area contributed by atoms with Gasteiger partial charge in [-0.2, -0.15) is 0 Å². The van der Waals surface area contributed by atoms with Gasteiger partial charge in [-0.05, 0) is 12.1 Å². The van der Waals surface area contributed by atoms with E-state index in [2.05, 4.69) is 37.4 Å². The summed E-state index contributed by atoms with van der Waals surface area (Å²) in [7, 11) is -1.38. The first-order valence-electron chi connectivity index (χ1n) is 4.05. The Hall–Kier alpha value is -0.253. The van der Waals surface area contributed by atoms with Crippen LogP contribution in [0.3, 0.4) is 0 Å². The van der Waals surface area contributed by atoms with E-state index in [4.69, 9.17) is 5.40 Å². The molecule has 2 N–H and O–H groups in total. The van der Waals surface area contributed by atoms with Crippen LogP contribution in [0.2, 0.25) is 13.1 Å². The highest BCUT2D eigenvalue weighted by atomic mass is 32.2. The molecule has 12 heavy (non-hydrogen) atoms. The van der Waals surface area contributed by atoms with Gasteiger partial charge in [0, 0.05) is 10.3 Å². The van der Waals surface area contributed by atoms with Crippen molar-refractivity contribution in [2.75, 3.05) is 5.38 Å². The van der Waals surface area contributed by atoms with E-state index in [-0.39, 0.29) is 0 Å². The molecule has 0 aliphatic rings. The summed E-state index contributed by atoms with van der Waals surface area (Å²) >= 11 is 1.86. The summed E-state index contributed by atoms with van der Waals surface area (Å²) in [6.07, 6.45) is 0. The van der Waals surface area contributed by atoms with Crippen molar-refractivity contribution < 1.29 is 0 Å². The summed E-state index contributed by atoms with van der Waals surface area (Å²) in [5, 5.41) is 7.10. The molecule has 0 amide bonds. The third kappa shape index (κ3) is 3.95. The monoisotopic (exact) mass is 197 g/mol. The molecule has 1 nitrogen and oxygen atoms in total. The van der Waals surface area contributed by atoms with Crippen LogP contribution in [0, 0.1) is 0 Å². The molecular formula is C9H15NSSi. The number of thioether (sulfide) groups is 1. The molecule has 0 aliphatic carbocycles. The second kappa shape index (κ2) is 4.12. The van der Waals surface area contributed by atoms with Crippen molar-refractivity contribution in [1.29, 1.82) is 0 Å². The van der Waals surface area contributed by atoms with Crippen molar-refractivity contribution in [2.45, 2.75) is 18.0 Å². The minimum atomic E-state index is -1.38. The van der Waals surface area contributed by atoms with Gasteiger partial charge in [-0.1, -0.05) is 31.3 Å². The number of hydrogen-bond acceptors (Lipinski definition) is 2. The fourth-order valence-electron chi connectivity index (χ4n) is 0.786. The third-order valence-electron chi connectivity index (χ3n) is 1.35. The summed E-state index contributed by atoms with van der Waals surface area (Å²) in [6.45, 7) is 4.37. The van der Waals surface area contributed by atoms with Gasteiger partial charge in [0.05, 0.1) is 0 Å². The van der Waals surface area contributed by atoms with Crippen molar-refractivity contribution in [3.05, 3.63) is 30.3 Å². The first kappa shape index (κ1) is 9.83. The lowest BCUT2D eigenvalue weighted by Gasteiger charge is -2.14. The van der Waals surface area contributed by atoms with Crippen molar-refractivity contribution in [1.82, 2.24) is 0 Å². The SMILES string of the molecule is C[Si](C)(N)CSc1ccccc1. The van der Waals surface area contributed by atoms with Crippen LogP contribution in [0.5, 0.6) is 0 Å². The van der Waals surface area contributed by atoms with Crippen molar-refractivity contribution in [3.63, 3.8) is 0 Å². The molecule has 66 valence electrons. The largest absolute Gasteiger partial charge is 0.350 e. The van der Waals surface area contributed by atoms with Gasteiger partial charge in [-0.3, -0.25) is 0 Å². The highest BCUT2D eigenvalue weighted by molar-refractivity contribution is 8.00. The molecule has 0 fully saturated rings. The Labute approximate surface area is 79.5 Å². The van der Waals surface area contributed by atoms with Gasteiger partial charge >= 0.3 is 0 Å². The Morgan fingerprint density at radius 3 is 2.33 bits per heavy atom. The molecule has 0 heterocycles. The molecule has 0 aromatic heterocycles. The molecule has 0 aliphatic heterocycles. The summed E-state index contributed by atoms with van der Waals surface area (Å²) in [6, 6.07) is 10.4. The Morgan fingerprint density at radius 2 is 1.83 bits per heavy atom. The fraction of sp³-hybridized carbons (Fsp3) is 0.333. The van der Waals surface area contributed by atoms with Crippen LogP contribution < -0.4 is 5.40 Å². The second-order valence-corrected chi connectivity index (χ2v) is 9.48. The van der Waals surface area contributed by atoms with Gasteiger partial charge < -0.3 is 5.40 Å². The van der Waals surface area contributed by atoms with Crippen molar-refractivity contribution in [3.8, 4) is 0 Å². The van der Waals surface area contributed by atoms with E-state index in [0.29, 0.717) is 0 Å². The number of nitrogens with two attached hydrogens (primary N) is 1. The fourth-order valence-corrected chi connectivity index (χ4v) is 3.29. The molecular weight excluding hydrogens is 182 g/mol. The van der Waals surface area contributed by atoms with Gasteiger partial charge in [0.15, 0.2) is 0 Å². The first-order chi connectivity index (χ1) is 5.58. The summed E-state index contributed by atoms with van der Waals surface area (Å²) < 4.78 is 0. The Balaban J connectivity index is 2.44. The van der Waals surface area contributed by atoms with Crippen LogP contribution in [-0.2, 0) is 0 Å². The zero-order chi connectivity index (χ0) is 9.03. The number of rotatable bonds is 3. The quantitative estimate of drug-likeness (QED) is 0.595. The average Bonchev–Trinajstić information content (AvgIpc) is 2.02. The van der Waals surface area contributed by atoms with Crippen LogP contribution in [-0.4, -0.2) is 13.6 Å². The Kier molecular flexibility index (Phi) is 3.37. The second-order valence-electron chi connectivity index (χ2n) is 3.59. The van der Waals surface area contributed by atoms with Crippen molar-refractivity contribution in [2.24, 2.45) is 5.40 Å². The van der Waals surface area contributed by atoms with Gasteiger partial charge in [0.25, 0.3) is 0 Å². The Morgan fingerprint density at radius 1 is 1.25 bits per heavy atom. The topological polar surface area (TPSA) is 26.0 Å². The Bertz CT molecular complexity index is 230. The summed E-state index contributed by atoms with van der Waals surface area (Å²) in [5.41, 5.74) is 0. The maximum Gasteiger partial charge on any atom is 0.127 e. The molecule has 0 bridgehead atoms. The predicted octanol–water partition coefficient (Wildman–Crippen LogP) is 2.48. The van der Waals surface area contributed by atoms with Gasteiger partial charge in [0.1, 0.15) is 8.24 Å². The van der Waals surface area contributed by atoms with Crippen LogP contribution in [0.4, 0.5) is 0 Å². The number of hydrogen-bond donors (Lipinski definition) is 1. The predicted molar refractivity (Wildman–Crippen MR) is 58.8 cm³/mol. The molecule has 0 atom stereocenters. The lowest BCUT2D eigenvalue weighted by molar-refractivity contribution is 1.45. The lowest BCUT2D eigenvalue weighted by atomic mass is 10.4. The normalized spacial score (nSPS) is 11.6. The van der Waals surface area contributed by atoms with E-state index < -0.39 is 8.24 Å². The minimum absolute atomic E-state index is 1.09. The number of benzene rings is 1. The van der Waals surface area contributed by atoms with E-state index in [0.717, 1.165) is 5.38 Å². The van der Waals surface area contributed by atoms with Crippen molar-refractivity contribution >= 4 is 20.0 Å². The van der Waals surface area contributed by atoms with Crippen LogP contribution in [0.1, 0.15) is 0 Å². The molecule has 0 saturated carbocycles. The van der Waals surface area contributed by atoms with Gasteiger partial charge in [0.2, 0.25) is 0 Å². The van der Waals surface area contributed by atoms with Crippen LogP contribution in [0.15, 0.2) is 35.2 Å². The molecule has 0 unspecified atom stereocenters. The molecule has 1 rings (SSSR count). The van der Waals surface area contributed by atoms with Crippen LogP contribution in [0.25, 0.3) is 0 Å². The maximum atomic E-state index is 6.00. The minimum Gasteiger partial charge on any atom is -0.350 e. The van der Waals surface area contributed by atoms with E-state index in [1.807, 2.05) is 17.8 Å². The zero-order valence-corrected chi connectivity index (χ0v) is 9.40. The summed E-state index contributed by atoms with van der Waals surface area (Å²) in [4.78, 5) is 1.32. The standard InChI is InChI=1S/C9H15NSSi/c1-12(2,10)8-11-9-6-4-3-5-7-9/h3-7H,8,10H2,1-2H3. The summed E-state index contributed by atoms with van der Waals surface area (Å²) in [5.74, 6) is 0. The van der Waals surface area contributed by atoms with Gasteiger partial charge in [-0.25, -0.2) is 0 Å². The first-order valence-corrected chi connectivity index (χ1v) is 8.32. The molecule has 0 radical (unpaired) electrons. The van der Waals surface area contributed by atoms with Crippen LogP contribution >= 0.6 is 11.8 Å². The molecule has 0 saturated heterocycles.